The summed E-state index contributed by atoms with van der Waals surface area (Å²) in [5.41, 5.74) is -1.12. The van der Waals surface area contributed by atoms with Crippen LogP contribution in [0.2, 0.25) is 0 Å². The maximum absolute atomic E-state index is 12.7. The summed E-state index contributed by atoms with van der Waals surface area (Å²) in [5, 5.41) is 5.30. The summed E-state index contributed by atoms with van der Waals surface area (Å²) in [7, 11) is 0. The fourth-order valence-electron chi connectivity index (χ4n) is 2.70. The van der Waals surface area contributed by atoms with E-state index in [2.05, 4.69) is 10.6 Å². The molecule has 0 saturated carbocycles. The smallest absolute Gasteiger partial charge is 0.327 e. The molecule has 1 saturated heterocycles. The number of nitrogens with zero attached hydrogens (tertiary/aromatic N) is 1. The number of esters is 1. The number of nitrogens with one attached hydrogen (secondary N) is 2. The van der Waals surface area contributed by atoms with E-state index in [9.17, 15) is 19.2 Å². The molecule has 0 aliphatic carbocycles. The molecule has 1 aliphatic heterocycles. The molecule has 1 aromatic carbocycles. The third-order valence-corrected chi connectivity index (χ3v) is 4.09. The molecule has 0 unspecified atom stereocenters. The van der Waals surface area contributed by atoms with Gasteiger partial charge in [0.15, 0.2) is 6.10 Å². The Kier molecular flexibility index (Phi) is 5.58. The molecule has 1 heterocycles. The average Bonchev–Trinajstić information content (AvgIpc) is 2.78. The van der Waals surface area contributed by atoms with Gasteiger partial charge in [0.1, 0.15) is 12.1 Å². The normalized spacial score (nSPS) is 20.9. The standard InChI is InChI=1S/C19H25N3O5/c1-12(15(24)20-18(2,3)4)27-14(23)11-22-16(25)19(5,21-17(22)26)13-9-7-6-8-10-13/h6-10,12H,11H2,1-5H3,(H,20,24)(H,21,26)/t12-,19-/m0/s1. The van der Waals surface area contributed by atoms with Crippen LogP contribution in [0.3, 0.4) is 0 Å². The first-order valence-electron chi connectivity index (χ1n) is 8.65. The molecule has 2 rings (SSSR count). The molecule has 1 aliphatic rings. The van der Waals surface area contributed by atoms with Gasteiger partial charge in [-0.05, 0) is 40.2 Å². The van der Waals surface area contributed by atoms with Gasteiger partial charge < -0.3 is 15.4 Å². The maximum Gasteiger partial charge on any atom is 0.327 e. The highest BCUT2D eigenvalue weighted by molar-refractivity contribution is 6.08. The number of ether oxygens (including phenoxy) is 1. The van der Waals surface area contributed by atoms with Gasteiger partial charge in [0, 0.05) is 5.54 Å². The summed E-state index contributed by atoms with van der Waals surface area (Å²) in [6.45, 7) is 7.84. The fraction of sp³-hybridized carbons (Fsp3) is 0.474. The Morgan fingerprint density at radius 2 is 1.81 bits per heavy atom. The van der Waals surface area contributed by atoms with Gasteiger partial charge in [0.05, 0.1) is 0 Å². The van der Waals surface area contributed by atoms with E-state index in [4.69, 9.17) is 4.74 Å². The Hall–Kier alpha value is -2.90. The first-order chi connectivity index (χ1) is 12.4. The van der Waals surface area contributed by atoms with Crippen molar-refractivity contribution >= 4 is 23.8 Å². The van der Waals surface area contributed by atoms with Crippen LogP contribution < -0.4 is 10.6 Å². The van der Waals surface area contributed by atoms with Crippen molar-refractivity contribution in [1.82, 2.24) is 15.5 Å². The number of hydrogen-bond acceptors (Lipinski definition) is 5. The molecule has 0 aromatic heterocycles. The maximum atomic E-state index is 12.7. The van der Waals surface area contributed by atoms with Gasteiger partial charge in [-0.15, -0.1) is 0 Å². The summed E-state index contributed by atoms with van der Waals surface area (Å²) in [6, 6.07) is 8.07. The van der Waals surface area contributed by atoms with Crippen molar-refractivity contribution < 1.29 is 23.9 Å². The first-order valence-corrected chi connectivity index (χ1v) is 8.65. The van der Waals surface area contributed by atoms with Crippen molar-refractivity contribution in [2.24, 2.45) is 0 Å². The molecule has 27 heavy (non-hydrogen) atoms. The highest BCUT2D eigenvalue weighted by Gasteiger charge is 2.49. The number of carbonyl (C=O) groups is 4. The van der Waals surface area contributed by atoms with E-state index in [1.54, 1.807) is 58.0 Å². The highest BCUT2D eigenvalue weighted by Crippen LogP contribution is 2.28. The molecule has 1 fully saturated rings. The topological polar surface area (TPSA) is 105 Å². The third-order valence-electron chi connectivity index (χ3n) is 4.09. The van der Waals surface area contributed by atoms with Gasteiger partial charge in [-0.2, -0.15) is 0 Å². The van der Waals surface area contributed by atoms with Crippen LogP contribution in [0.4, 0.5) is 4.79 Å². The highest BCUT2D eigenvalue weighted by atomic mass is 16.5. The predicted octanol–water partition coefficient (Wildman–Crippen LogP) is 1.30. The van der Waals surface area contributed by atoms with Crippen molar-refractivity contribution in [2.45, 2.75) is 51.8 Å². The lowest BCUT2D eigenvalue weighted by Crippen LogP contribution is -2.47. The summed E-state index contributed by atoms with van der Waals surface area (Å²) < 4.78 is 5.07. The van der Waals surface area contributed by atoms with Crippen molar-refractivity contribution in [3.05, 3.63) is 35.9 Å². The van der Waals surface area contributed by atoms with E-state index < -0.39 is 47.5 Å². The number of hydrogen-bond donors (Lipinski definition) is 2. The van der Waals surface area contributed by atoms with Crippen molar-refractivity contribution in [2.75, 3.05) is 6.54 Å². The monoisotopic (exact) mass is 375 g/mol. The van der Waals surface area contributed by atoms with E-state index >= 15 is 0 Å². The molecule has 8 heteroatoms. The third kappa shape index (κ3) is 4.64. The molecule has 1 aromatic rings. The van der Waals surface area contributed by atoms with Crippen molar-refractivity contribution in [1.29, 1.82) is 0 Å². The number of imide groups is 1. The van der Waals surface area contributed by atoms with Gasteiger partial charge in [-0.1, -0.05) is 30.3 Å². The molecule has 2 atom stereocenters. The van der Waals surface area contributed by atoms with Gasteiger partial charge in [-0.3, -0.25) is 19.3 Å². The lowest BCUT2D eigenvalue weighted by Gasteiger charge is -2.24. The molecule has 8 nitrogen and oxygen atoms in total. The Labute approximate surface area is 158 Å². The fourth-order valence-corrected chi connectivity index (χ4v) is 2.70. The van der Waals surface area contributed by atoms with Crippen LogP contribution in [0.1, 0.15) is 40.2 Å². The second-order valence-electron chi connectivity index (χ2n) is 7.68. The Bertz CT molecular complexity index is 756. The molecule has 0 bridgehead atoms. The van der Waals surface area contributed by atoms with Gasteiger partial charge >= 0.3 is 12.0 Å². The lowest BCUT2D eigenvalue weighted by molar-refractivity contribution is -0.157. The number of rotatable bonds is 5. The van der Waals surface area contributed by atoms with Crippen molar-refractivity contribution in [3.63, 3.8) is 0 Å². The average molecular weight is 375 g/mol. The molecular formula is C19H25N3O5. The van der Waals surface area contributed by atoms with E-state index in [1.165, 1.54) is 6.92 Å². The van der Waals surface area contributed by atoms with Crippen LogP contribution in [0.25, 0.3) is 0 Å². The number of amides is 4. The molecular weight excluding hydrogens is 350 g/mol. The first kappa shape index (κ1) is 20.4. The minimum Gasteiger partial charge on any atom is -0.451 e. The second kappa shape index (κ2) is 7.38. The Morgan fingerprint density at radius 3 is 2.37 bits per heavy atom. The SMILES string of the molecule is C[C@H](OC(=O)CN1C(=O)N[C@@](C)(c2ccccc2)C1=O)C(=O)NC(C)(C)C. The zero-order valence-electron chi connectivity index (χ0n) is 16.2. The van der Waals surface area contributed by atoms with Crippen molar-refractivity contribution in [3.8, 4) is 0 Å². The van der Waals surface area contributed by atoms with E-state index in [0.717, 1.165) is 4.90 Å². The number of carbonyl (C=O) groups excluding carboxylic acids is 4. The zero-order chi connectivity index (χ0) is 20.4. The van der Waals surface area contributed by atoms with Gasteiger partial charge in [0.2, 0.25) is 0 Å². The number of urea groups is 1. The summed E-state index contributed by atoms with van der Waals surface area (Å²) in [4.78, 5) is 49.9. The predicted molar refractivity (Wildman–Crippen MR) is 97.5 cm³/mol. The van der Waals surface area contributed by atoms with E-state index in [1.807, 2.05) is 0 Å². The van der Waals surface area contributed by atoms with Crippen LogP contribution in [0.5, 0.6) is 0 Å². The van der Waals surface area contributed by atoms with Gasteiger partial charge in [0.25, 0.3) is 11.8 Å². The minimum atomic E-state index is -1.26. The summed E-state index contributed by atoms with van der Waals surface area (Å²) >= 11 is 0. The molecule has 146 valence electrons. The Morgan fingerprint density at radius 1 is 1.22 bits per heavy atom. The van der Waals surface area contributed by atoms with Crippen LogP contribution in [0.15, 0.2) is 30.3 Å². The zero-order valence-corrected chi connectivity index (χ0v) is 16.2. The summed E-state index contributed by atoms with van der Waals surface area (Å²) in [6.07, 6.45) is -1.04. The van der Waals surface area contributed by atoms with E-state index in [-0.39, 0.29) is 0 Å². The molecule has 0 spiro atoms. The molecule has 0 radical (unpaired) electrons. The van der Waals surface area contributed by atoms with Crippen LogP contribution in [-0.2, 0) is 24.7 Å². The molecule has 2 N–H and O–H groups in total. The largest absolute Gasteiger partial charge is 0.451 e. The minimum absolute atomic E-state index is 0.456. The Balaban J connectivity index is 2.03. The second-order valence-corrected chi connectivity index (χ2v) is 7.68. The lowest BCUT2D eigenvalue weighted by atomic mass is 9.92. The van der Waals surface area contributed by atoms with Crippen LogP contribution >= 0.6 is 0 Å². The van der Waals surface area contributed by atoms with E-state index in [0.29, 0.717) is 5.56 Å². The summed E-state index contributed by atoms with van der Waals surface area (Å²) in [5.74, 6) is -1.85. The van der Waals surface area contributed by atoms with Gasteiger partial charge in [-0.25, -0.2) is 4.79 Å². The quantitative estimate of drug-likeness (QED) is 0.596. The van der Waals surface area contributed by atoms with Crippen LogP contribution in [0, 0.1) is 0 Å². The number of benzene rings is 1. The molecule has 4 amide bonds. The van der Waals surface area contributed by atoms with Crippen LogP contribution in [-0.4, -0.2) is 46.9 Å².